The number of nitrogens with two attached hydrogens (primary N) is 1. The summed E-state index contributed by atoms with van der Waals surface area (Å²) in [4.78, 5) is 16.6. The van der Waals surface area contributed by atoms with Crippen LogP contribution in [0, 0.1) is 5.92 Å². The molecule has 0 saturated heterocycles. The number of ether oxygens (including phenoxy) is 2. The van der Waals surface area contributed by atoms with Crippen molar-refractivity contribution in [1.82, 2.24) is 4.98 Å². The molecule has 1 aromatic heterocycles. The second-order valence-corrected chi connectivity index (χ2v) is 6.36. The van der Waals surface area contributed by atoms with Crippen molar-refractivity contribution in [3.63, 3.8) is 0 Å². The minimum atomic E-state index is -0.547. The molecule has 0 aliphatic carbocycles. The maximum atomic E-state index is 12.2. The molecule has 2 unspecified atom stereocenters. The molecular weight excluding hydrogens is 326 g/mol. The maximum Gasteiger partial charge on any atom is 0.243 e. The molecule has 0 saturated carbocycles. The van der Waals surface area contributed by atoms with E-state index in [2.05, 4.69) is 10.3 Å². The zero-order valence-electron chi connectivity index (χ0n) is 14.3. The van der Waals surface area contributed by atoms with Crippen molar-refractivity contribution >= 4 is 22.4 Å². The summed E-state index contributed by atoms with van der Waals surface area (Å²) in [5.74, 6) is 1.30. The van der Waals surface area contributed by atoms with Crippen LogP contribution in [0.3, 0.4) is 0 Å². The molecule has 3 N–H and O–H groups in total. The van der Waals surface area contributed by atoms with Crippen molar-refractivity contribution < 1.29 is 14.3 Å². The lowest BCUT2D eigenvalue weighted by Gasteiger charge is -2.16. The van der Waals surface area contributed by atoms with Crippen molar-refractivity contribution in [2.24, 2.45) is 11.7 Å². The predicted octanol–water partition coefficient (Wildman–Crippen LogP) is 3.14. The SMILES string of the molecule is CCC(C)C(N)C(=O)Nc1nc(-c2cc(OC)ccc2OC)cs1. The van der Waals surface area contributed by atoms with E-state index in [0.717, 1.165) is 12.0 Å². The lowest BCUT2D eigenvalue weighted by Crippen LogP contribution is -2.40. The number of aromatic nitrogens is 1. The molecule has 7 heteroatoms. The minimum absolute atomic E-state index is 0.114. The number of amides is 1. The normalized spacial score (nSPS) is 13.2. The van der Waals surface area contributed by atoms with Gasteiger partial charge in [-0.15, -0.1) is 11.3 Å². The first-order chi connectivity index (χ1) is 11.5. The zero-order valence-corrected chi connectivity index (χ0v) is 15.1. The van der Waals surface area contributed by atoms with E-state index < -0.39 is 6.04 Å². The predicted molar refractivity (Wildman–Crippen MR) is 96.7 cm³/mol. The number of anilines is 1. The third-order valence-electron chi connectivity index (χ3n) is 3.98. The number of rotatable bonds is 7. The van der Waals surface area contributed by atoms with E-state index >= 15 is 0 Å². The van der Waals surface area contributed by atoms with E-state index in [4.69, 9.17) is 15.2 Å². The number of carbonyl (C=O) groups is 1. The van der Waals surface area contributed by atoms with Gasteiger partial charge < -0.3 is 20.5 Å². The van der Waals surface area contributed by atoms with Gasteiger partial charge in [0.25, 0.3) is 0 Å². The van der Waals surface area contributed by atoms with Crippen LogP contribution in [-0.2, 0) is 4.79 Å². The molecule has 2 aromatic rings. The van der Waals surface area contributed by atoms with Gasteiger partial charge >= 0.3 is 0 Å². The molecule has 130 valence electrons. The standard InChI is InChI=1S/C17H23N3O3S/c1-5-10(2)15(18)16(21)20-17-19-13(9-24-17)12-8-11(22-3)6-7-14(12)23-4/h6-10,15H,5,18H2,1-4H3,(H,19,20,21). The molecule has 0 aliphatic rings. The average molecular weight is 349 g/mol. The van der Waals surface area contributed by atoms with Crippen LogP contribution in [0.1, 0.15) is 20.3 Å². The Morgan fingerprint density at radius 3 is 2.75 bits per heavy atom. The maximum absolute atomic E-state index is 12.2. The number of hydrogen-bond donors (Lipinski definition) is 2. The van der Waals surface area contributed by atoms with Crippen LogP contribution in [0.15, 0.2) is 23.6 Å². The first kappa shape index (κ1) is 18.2. The Morgan fingerprint density at radius 1 is 1.38 bits per heavy atom. The van der Waals surface area contributed by atoms with Crippen LogP contribution in [-0.4, -0.2) is 31.2 Å². The van der Waals surface area contributed by atoms with Crippen molar-refractivity contribution in [2.75, 3.05) is 19.5 Å². The molecule has 0 bridgehead atoms. The summed E-state index contributed by atoms with van der Waals surface area (Å²) >= 11 is 1.35. The number of carbonyl (C=O) groups excluding carboxylic acids is 1. The fourth-order valence-electron chi connectivity index (χ4n) is 2.17. The van der Waals surface area contributed by atoms with Crippen molar-refractivity contribution in [3.05, 3.63) is 23.6 Å². The highest BCUT2D eigenvalue weighted by atomic mass is 32.1. The summed E-state index contributed by atoms with van der Waals surface area (Å²) in [6.07, 6.45) is 0.846. The first-order valence-corrected chi connectivity index (χ1v) is 8.62. The van der Waals surface area contributed by atoms with Gasteiger partial charge in [-0.3, -0.25) is 4.79 Å². The topological polar surface area (TPSA) is 86.5 Å². The van der Waals surface area contributed by atoms with Gasteiger partial charge in [0.15, 0.2) is 5.13 Å². The van der Waals surface area contributed by atoms with E-state index in [9.17, 15) is 4.79 Å². The van der Waals surface area contributed by atoms with Gasteiger partial charge in [-0.05, 0) is 24.1 Å². The third-order valence-corrected chi connectivity index (χ3v) is 4.73. The number of benzene rings is 1. The number of thiazole rings is 1. The molecule has 2 rings (SSSR count). The van der Waals surface area contributed by atoms with Crippen LogP contribution in [0.4, 0.5) is 5.13 Å². The van der Waals surface area contributed by atoms with E-state index in [1.165, 1.54) is 11.3 Å². The van der Waals surface area contributed by atoms with Gasteiger partial charge in [0, 0.05) is 10.9 Å². The summed E-state index contributed by atoms with van der Waals surface area (Å²) in [6.45, 7) is 3.97. The molecule has 0 spiro atoms. The average Bonchev–Trinajstić information content (AvgIpc) is 3.07. The molecule has 0 aliphatic heterocycles. The van der Waals surface area contributed by atoms with Crippen molar-refractivity contribution in [1.29, 1.82) is 0 Å². The van der Waals surface area contributed by atoms with Crippen LogP contribution < -0.4 is 20.5 Å². The van der Waals surface area contributed by atoms with E-state index in [1.807, 2.05) is 37.4 Å². The number of nitrogens with one attached hydrogen (secondary N) is 1. The monoisotopic (exact) mass is 349 g/mol. The van der Waals surface area contributed by atoms with Gasteiger partial charge in [0.2, 0.25) is 5.91 Å². The highest BCUT2D eigenvalue weighted by Crippen LogP contribution is 2.35. The van der Waals surface area contributed by atoms with E-state index in [-0.39, 0.29) is 11.8 Å². The molecule has 1 aromatic carbocycles. The van der Waals surface area contributed by atoms with Gasteiger partial charge in [0.05, 0.1) is 26.0 Å². The Balaban J connectivity index is 2.20. The fourth-order valence-corrected chi connectivity index (χ4v) is 2.88. The quantitative estimate of drug-likeness (QED) is 0.802. The minimum Gasteiger partial charge on any atom is -0.497 e. The number of nitrogens with zero attached hydrogens (tertiary/aromatic N) is 1. The summed E-state index contributed by atoms with van der Waals surface area (Å²) in [5.41, 5.74) is 7.47. The van der Waals surface area contributed by atoms with E-state index in [0.29, 0.717) is 22.3 Å². The summed E-state index contributed by atoms with van der Waals surface area (Å²) in [5, 5.41) is 5.16. The molecule has 2 atom stereocenters. The number of hydrogen-bond acceptors (Lipinski definition) is 6. The lowest BCUT2D eigenvalue weighted by atomic mass is 10.00. The fraction of sp³-hybridized carbons (Fsp3) is 0.412. The Hall–Kier alpha value is -2.12. The number of methoxy groups -OCH3 is 2. The Labute approximate surface area is 146 Å². The Morgan fingerprint density at radius 2 is 2.12 bits per heavy atom. The smallest absolute Gasteiger partial charge is 0.243 e. The second kappa shape index (κ2) is 8.12. The molecule has 24 heavy (non-hydrogen) atoms. The van der Waals surface area contributed by atoms with Gasteiger partial charge in [-0.1, -0.05) is 20.3 Å². The largest absolute Gasteiger partial charge is 0.497 e. The molecule has 0 radical (unpaired) electrons. The lowest BCUT2D eigenvalue weighted by molar-refractivity contribution is -0.118. The van der Waals surface area contributed by atoms with Crippen LogP contribution >= 0.6 is 11.3 Å². The second-order valence-electron chi connectivity index (χ2n) is 5.50. The molecule has 1 amide bonds. The van der Waals surface area contributed by atoms with Crippen LogP contribution in [0.5, 0.6) is 11.5 Å². The van der Waals surface area contributed by atoms with Gasteiger partial charge in [-0.25, -0.2) is 4.98 Å². The van der Waals surface area contributed by atoms with Crippen molar-refractivity contribution in [3.8, 4) is 22.8 Å². The highest BCUT2D eigenvalue weighted by molar-refractivity contribution is 7.14. The Bertz CT molecular complexity index is 702. The Kier molecular flexibility index (Phi) is 6.16. The van der Waals surface area contributed by atoms with E-state index in [1.54, 1.807) is 14.2 Å². The summed E-state index contributed by atoms with van der Waals surface area (Å²) in [7, 11) is 3.21. The molecule has 6 nitrogen and oxygen atoms in total. The van der Waals surface area contributed by atoms with Crippen LogP contribution in [0.25, 0.3) is 11.3 Å². The summed E-state index contributed by atoms with van der Waals surface area (Å²) < 4.78 is 10.6. The molecule has 1 heterocycles. The third kappa shape index (κ3) is 4.04. The van der Waals surface area contributed by atoms with Crippen LogP contribution in [0.2, 0.25) is 0 Å². The molecule has 0 fully saturated rings. The highest BCUT2D eigenvalue weighted by Gasteiger charge is 2.21. The first-order valence-electron chi connectivity index (χ1n) is 7.74. The molecular formula is C17H23N3O3S. The van der Waals surface area contributed by atoms with Crippen molar-refractivity contribution in [2.45, 2.75) is 26.3 Å². The zero-order chi connectivity index (χ0) is 17.7. The summed E-state index contributed by atoms with van der Waals surface area (Å²) in [6, 6.07) is 4.95. The van der Waals surface area contributed by atoms with Gasteiger partial charge in [0.1, 0.15) is 11.5 Å². The van der Waals surface area contributed by atoms with Gasteiger partial charge in [-0.2, -0.15) is 0 Å².